The highest BCUT2D eigenvalue weighted by Crippen LogP contribution is 2.16. The van der Waals surface area contributed by atoms with Gasteiger partial charge in [-0.3, -0.25) is 4.79 Å². The van der Waals surface area contributed by atoms with Gasteiger partial charge in [0.1, 0.15) is 11.3 Å². The number of rotatable bonds is 5. The summed E-state index contributed by atoms with van der Waals surface area (Å²) in [4.78, 5) is 12.4. The summed E-state index contributed by atoms with van der Waals surface area (Å²) in [7, 11) is 0. The van der Waals surface area contributed by atoms with Crippen LogP contribution in [0.2, 0.25) is 0 Å². The van der Waals surface area contributed by atoms with Crippen molar-refractivity contribution in [3.63, 3.8) is 0 Å². The summed E-state index contributed by atoms with van der Waals surface area (Å²) in [6, 6.07) is -0.166. The molecule has 2 atom stereocenters. The molecule has 1 fully saturated rings. The van der Waals surface area contributed by atoms with Gasteiger partial charge >= 0.3 is 0 Å². The van der Waals surface area contributed by atoms with Gasteiger partial charge < -0.3 is 19.3 Å². The molecule has 1 aliphatic rings. The topological polar surface area (TPSA) is 73.6 Å². The molecule has 6 heteroatoms. The maximum Gasteiger partial charge on any atom is 0.257 e. The minimum absolute atomic E-state index is 0.0474. The molecule has 1 saturated heterocycles. The van der Waals surface area contributed by atoms with Crippen molar-refractivity contribution < 1.29 is 18.8 Å². The van der Waals surface area contributed by atoms with Crippen LogP contribution in [0.3, 0.4) is 0 Å². The summed E-state index contributed by atoms with van der Waals surface area (Å²) >= 11 is 0. The van der Waals surface area contributed by atoms with Crippen molar-refractivity contribution in [2.45, 2.75) is 46.3 Å². The van der Waals surface area contributed by atoms with Crippen LogP contribution in [0.1, 0.15) is 42.1 Å². The van der Waals surface area contributed by atoms with Crippen LogP contribution in [-0.4, -0.2) is 43.0 Å². The Morgan fingerprint density at radius 2 is 2.23 bits per heavy atom. The average molecular weight is 308 g/mol. The van der Waals surface area contributed by atoms with Crippen LogP contribution in [0.4, 0.5) is 0 Å². The Kier molecular flexibility index (Phi) is 5.74. The zero-order valence-corrected chi connectivity index (χ0v) is 13.6. The van der Waals surface area contributed by atoms with Gasteiger partial charge in [0.2, 0.25) is 0 Å². The van der Waals surface area contributed by atoms with E-state index in [1.165, 1.54) is 5.57 Å². The molecule has 1 aliphatic heterocycles. The molecule has 0 bridgehead atoms. The van der Waals surface area contributed by atoms with Gasteiger partial charge in [-0.25, -0.2) is 0 Å². The summed E-state index contributed by atoms with van der Waals surface area (Å²) in [6.07, 6.45) is 2.75. The Morgan fingerprint density at radius 1 is 1.45 bits per heavy atom. The van der Waals surface area contributed by atoms with E-state index in [0.717, 1.165) is 6.42 Å². The second-order valence-electron chi connectivity index (χ2n) is 5.80. The molecule has 1 amide bonds. The van der Waals surface area contributed by atoms with Crippen LogP contribution in [0.5, 0.6) is 0 Å². The summed E-state index contributed by atoms with van der Waals surface area (Å²) in [6.45, 7) is 9.20. The zero-order chi connectivity index (χ0) is 16.1. The van der Waals surface area contributed by atoms with E-state index >= 15 is 0 Å². The molecule has 0 spiro atoms. The third kappa shape index (κ3) is 4.18. The number of aryl methyl sites for hydroxylation is 2. The average Bonchev–Trinajstić information content (AvgIpc) is 2.79. The van der Waals surface area contributed by atoms with E-state index in [4.69, 9.17) is 14.0 Å². The Labute approximate surface area is 130 Å². The van der Waals surface area contributed by atoms with Crippen LogP contribution in [0.15, 0.2) is 16.2 Å². The van der Waals surface area contributed by atoms with Crippen molar-refractivity contribution in [3.8, 4) is 0 Å². The van der Waals surface area contributed by atoms with E-state index in [-0.39, 0.29) is 18.1 Å². The molecule has 0 aliphatic carbocycles. The molecule has 0 radical (unpaired) electrons. The fourth-order valence-electron chi connectivity index (χ4n) is 2.44. The molecule has 6 nitrogen and oxygen atoms in total. The number of amides is 1. The van der Waals surface area contributed by atoms with Gasteiger partial charge in [-0.15, -0.1) is 0 Å². The third-order valence-corrected chi connectivity index (χ3v) is 3.67. The molecular formula is C16H24N2O4. The number of nitrogens with one attached hydrogen (secondary N) is 1. The lowest BCUT2D eigenvalue weighted by molar-refractivity contribution is -0.0457. The maximum absolute atomic E-state index is 12.4. The van der Waals surface area contributed by atoms with Gasteiger partial charge in [0.05, 0.1) is 31.1 Å². The van der Waals surface area contributed by atoms with Gasteiger partial charge in [-0.05, 0) is 34.1 Å². The van der Waals surface area contributed by atoms with Gasteiger partial charge in [-0.1, -0.05) is 16.8 Å². The van der Waals surface area contributed by atoms with E-state index in [2.05, 4.69) is 10.5 Å². The second-order valence-corrected chi connectivity index (χ2v) is 5.80. The van der Waals surface area contributed by atoms with Crippen molar-refractivity contribution in [1.29, 1.82) is 0 Å². The zero-order valence-electron chi connectivity index (χ0n) is 13.6. The van der Waals surface area contributed by atoms with E-state index in [1.54, 1.807) is 13.8 Å². The van der Waals surface area contributed by atoms with Crippen LogP contribution < -0.4 is 5.32 Å². The predicted molar refractivity (Wildman–Crippen MR) is 81.8 cm³/mol. The Morgan fingerprint density at radius 3 is 2.86 bits per heavy atom. The number of carbonyl (C=O) groups excluding carboxylic acids is 1. The first-order chi connectivity index (χ1) is 10.5. The summed E-state index contributed by atoms with van der Waals surface area (Å²) < 4.78 is 16.4. The molecule has 2 rings (SSSR count). The number of nitrogens with zero attached hydrogens (tertiary/aromatic N) is 1. The minimum Gasteiger partial charge on any atom is -0.379 e. The molecule has 0 saturated carbocycles. The van der Waals surface area contributed by atoms with Crippen LogP contribution in [0.25, 0.3) is 0 Å². The minimum atomic E-state index is -0.192. The molecule has 2 heterocycles. The van der Waals surface area contributed by atoms with Crippen LogP contribution in [0, 0.1) is 13.8 Å². The predicted octanol–water partition coefficient (Wildman–Crippen LogP) is 2.16. The highest BCUT2D eigenvalue weighted by molar-refractivity contribution is 5.96. The second kappa shape index (κ2) is 7.56. The fraction of sp³-hybridized carbons (Fsp3) is 0.625. The molecule has 1 N–H and O–H groups in total. The smallest absolute Gasteiger partial charge is 0.257 e. The molecule has 0 unspecified atom stereocenters. The molecule has 122 valence electrons. The largest absolute Gasteiger partial charge is 0.379 e. The molecule has 0 aromatic carbocycles. The number of hydrogen-bond donors (Lipinski definition) is 1. The number of allylic oxidation sites excluding steroid dienone is 1. The quantitative estimate of drug-likeness (QED) is 0.844. The normalized spacial score (nSPS) is 21.5. The first-order valence-corrected chi connectivity index (χ1v) is 7.55. The van der Waals surface area contributed by atoms with Gasteiger partial charge in [0.15, 0.2) is 0 Å². The summed E-state index contributed by atoms with van der Waals surface area (Å²) in [5, 5.41) is 6.79. The molecular weight excluding hydrogens is 284 g/mol. The van der Waals surface area contributed by atoms with Crippen molar-refractivity contribution in [1.82, 2.24) is 10.5 Å². The van der Waals surface area contributed by atoms with Crippen LogP contribution >= 0.6 is 0 Å². The van der Waals surface area contributed by atoms with Crippen molar-refractivity contribution >= 4 is 5.91 Å². The maximum atomic E-state index is 12.4. The van der Waals surface area contributed by atoms with Gasteiger partial charge in [-0.2, -0.15) is 0 Å². The number of aromatic nitrogens is 1. The first-order valence-electron chi connectivity index (χ1n) is 7.55. The molecule has 1 aromatic heterocycles. The first kappa shape index (κ1) is 16.7. The van der Waals surface area contributed by atoms with E-state index < -0.39 is 0 Å². The van der Waals surface area contributed by atoms with Crippen molar-refractivity contribution in [3.05, 3.63) is 28.7 Å². The van der Waals surface area contributed by atoms with Gasteiger partial charge in [0.25, 0.3) is 5.91 Å². The SMILES string of the molecule is CC(C)=CCO[C@H]1CCOC[C@H]1NC(=O)c1c(C)noc1C. The summed E-state index contributed by atoms with van der Waals surface area (Å²) in [5.41, 5.74) is 2.30. The van der Waals surface area contributed by atoms with Crippen molar-refractivity contribution in [2.75, 3.05) is 19.8 Å². The highest BCUT2D eigenvalue weighted by atomic mass is 16.5. The lowest BCUT2D eigenvalue weighted by atomic mass is 10.1. The van der Waals surface area contributed by atoms with E-state index in [0.29, 0.717) is 36.8 Å². The molecule has 1 aromatic rings. The van der Waals surface area contributed by atoms with Gasteiger partial charge in [0, 0.05) is 6.61 Å². The number of ether oxygens (including phenoxy) is 2. The highest BCUT2D eigenvalue weighted by Gasteiger charge is 2.29. The number of carbonyl (C=O) groups is 1. The Bertz CT molecular complexity index is 527. The standard InChI is InChI=1S/C16H24N2O4/c1-10(2)5-8-21-14-6-7-20-9-13(14)17-16(19)15-11(3)18-22-12(15)4/h5,13-14H,6-9H2,1-4H3,(H,17,19)/t13-,14+/m1/s1. The summed E-state index contributed by atoms with van der Waals surface area (Å²) in [5.74, 6) is 0.330. The number of hydrogen-bond acceptors (Lipinski definition) is 5. The lowest BCUT2D eigenvalue weighted by Crippen LogP contribution is -2.50. The monoisotopic (exact) mass is 308 g/mol. The third-order valence-electron chi connectivity index (χ3n) is 3.67. The van der Waals surface area contributed by atoms with Crippen molar-refractivity contribution in [2.24, 2.45) is 0 Å². The Hall–Kier alpha value is -1.66. The van der Waals surface area contributed by atoms with E-state index in [9.17, 15) is 4.79 Å². The Balaban J connectivity index is 1.99. The van der Waals surface area contributed by atoms with Crippen LogP contribution in [-0.2, 0) is 9.47 Å². The fourth-order valence-corrected chi connectivity index (χ4v) is 2.44. The van der Waals surface area contributed by atoms with E-state index in [1.807, 2.05) is 19.9 Å². The lowest BCUT2D eigenvalue weighted by Gasteiger charge is -2.31. The molecule has 22 heavy (non-hydrogen) atoms.